The average Bonchev–Trinajstić information content (AvgIpc) is 2.30. The molecule has 1 atom stereocenters. The van der Waals surface area contributed by atoms with Crippen molar-refractivity contribution in [3.05, 3.63) is 0 Å². The molecule has 4 heteroatoms. The smallest absolute Gasteiger partial charge is 0.410 e. The Balaban J connectivity index is 0.00000137. The van der Waals surface area contributed by atoms with E-state index in [-0.39, 0.29) is 12.2 Å². The molecule has 0 saturated carbocycles. The monoisotopic (exact) mass is 259 g/mol. The van der Waals surface area contributed by atoms with Crippen molar-refractivity contribution in [3.8, 4) is 0 Å². The van der Waals surface area contributed by atoms with Crippen LogP contribution in [0.4, 0.5) is 4.79 Å². The Bertz CT molecular complexity index is 234. The molecule has 108 valence electrons. The number of rotatable bonds is 2. The van der Waals surface area contributed by atoms with Crippen LogP contribution in [0.2, 0.25) is 0 Å². The Labute approximate surface area is 112 Å². The third-order valence-electron chi connectivity index (χ3n) is 2.43. The van der Waals surface area contributed by atoms with E-state index < -0.39 is 5.60 Å². The van der Waals surface area contributed by atoms with Gasteiger partial charge in [-0.1, -0.05) is 13.8 Å². The molecule has 1 rings (SSSR count). The minimum atomic E-state index is -0.421. The maximum absolute atomic E-state index is 11.8. The molecule has 1 aliphatic heterocycles. The maximum atomic E-state index is 11.8. The molecule has 0 aromatic heterocycles. The minimum Gasteiger partial charge on any atom is -0.444 e. The van der Waals surface area contributed by atoms with Crippen LogP contribution in [0.15, 0.2) is 0 Å². The first kappa shape index (κ1) is 17.2. The summed E-state index contributed by atoms with van der Waals surface area (Å²) in [6, 6.07) is 0. The first-order chi connectivity index (χ1) is 8.42. The van der Waals surface area contributed by atoms with Crippen LogP contribution in [-0.4, -0.2) is 42.4 Å². The van der Waals surface area contributed by atoms with E-state index >= 15 is 0 Å². The van der Waals surface area contributed by atoms with Gasteiger partial charge < -0.3 is 14.4 Å². The van der Waals surface area contributed by atoms with Gasteiger partial charge in [0.25, 0.3) is 0 Å². The van der Waals surface area contributed by atoms with Crippen LogP contribution in [0.1, 0.15) is 54.4 Å². The van der Waals surface area contributed by atoms with Gasteiger partial charge in [-0.2, -0.15) is 0 Å². The second-order valence-electron chi connectivity index (χ2n) is 5.15. The molecule has 0 aromatic rings. The Morgan fingerprint density at radius 3 is 2.44 bits per heavy atom. The molecular weight excluding hydrogens is 230 g/mol. The van der Waals surface area contributed by atoms with Gasteiger partial charge in [0.2, 0.25) is 0 Å². The van der Waals surface area contributed by atoms with Crippen LogP contribution in [0.25, 0.3) is 0 Å². The normalized spacial score (nSPS) is 19.9. The third-order valence-corrected chi connectivity index (χ3v) is 2.43. The molecule has 0 bridgehead atoms. The fourth-order valence-electron chi connectivity index (χ4n) is 1.80. The highest BCUT2D eigenvalue weighted by Gasteiger charge is 2.27. The standard InChI is InChI=1S/C12H23NO3.C2H6/c1-5-15-10-7-6-8-13(9-10)11(14)16-12(2,3)4;1-2/h10H,5-9H2,1-4H3;1-2H3. The minimum absolute atomic E-state index is 0.172. The second kappa shape index (κ2) is 8.35. The Morgan fingerprint density at radius 1 is 1.33 bits per heavy atom. The predicted molar refractivity (Wildman–Crippen MR) is 73.8 cm³/mol. The zero-order valence-corrected chi connectivity index (χ0v) is 12.8. The van der Waals surface area contributed by atoms with E-state index in [1.54, 1.807) is 4.90 Å². The van der Waals surface area contributed by atoms with Gasteiger partial charge in [-0.25, -0.2) is 4.79 Å². The SMILES string of the molecule is CC.CCOC1CCCN(C(=O)OC(C)(C)C)C1. The van der Waals surface area contributed by atoms with Crippen LogP contribution in [0.3, 0.4) is 0 Å². The summed E-state index contributed by atoms with van der Waals surface area (Å²) in [5.41, 5.74) is -0.421. The molecule has 1 heterocycles. The highest BCUT2D eigenvalue weighted by atomic mass is 16.6. The quantitative estimate of drug-likeness (QED) is 0.762. The Morgan fingerprint density at radius 2 is 1.94 bits per heavy atom. The number of carbonyl (C=O) groups is 1. The molecule has 1 amide bonds. The lowest BCUT2D eigenvalue weighted by molar-refractivity contribution is -0.0170. The summed E-state index contributed by atoms with van der Waals surface area (Å²) in [7, 11) is 0. The molecule has 0 spiro atoms. The van der Waals surface area contributed by atoms with E-state index in [0.29, 0.717) is 13.2 Å². The lowest BCUT2D eigenvalue weighted by Crippen LogP contribution is -2.45. The number of hydrogen-bond acceptors (Lipinski definition) is 3. The summed E-state index contributed by atoms with van der Waals surface area (Å²) in [5.74, 6) is 0. The van der Waals surface area contributed by atoms with Crippen molar-refractivity contribution in [1.29, 1.82) is 0 Å². The van der Waals surface area contributed by atoms with E-state index in [0.717, 1.165) is 19.4 Å². The summed E-state index contributed by atoms with van der Waals surface area (Å²) >= 11 is 0. The van der Waals surface area contributed by atoms with Gasteiger partial charge in [-0.05, 0) is 40.5 Å². The topological polar surface area (TPSA) is 38.8 Å². The van der Waals surface area contributed by atoms with Gasteiger partial charge in [0.1, 0.15) is 5.60 Å². The van der Waals surface area contributed by atoms with Gasteiger partial charge in [-0.15, -0.1) is 0 Å². The number of piperidine rings is 1. The number of carbonyl (C=O) groups excluding carboxylic acids is 1. The molecule has 1 unspecified atom stereocenters. The van der Waals surface area contributed by atoms with E-state index in [1.807, 2.05) is 41.5 Å². The van der Waals surface area contributed by atoms with Crippen molar-refractivity contribution in [2.45, 2.75) is 66.1 Å². The molecule has 0 radical (unpaired) electrons. The van der Waals surface area contributed by atoms with E-state index in [9.17, 15) is 4.79 Å². The molecule has 1 aliphatic rings. The number of likely N-dealkylation sites (tertiary alicyclic amines) is 1. The van der Waals surface area contributed by atoms with Crippen molar-refractivity contribution in [2.24, 2.45) is 0 Å². The number of hydrogen-bond donors (Lipinski definition) is 0. The van der Waals surface area contributed by atoms with E-state index in [2.05, 4.69) is 0 Å². The number of ether oxygens (including phenoxy) is 2. The summed E-state index contributed by atoms with van der Waals surface area (Å²) in [6.45, 7) is 13.8. The fraction of sp³-hybridized carbons (Fsp3) is 0.929. The molecule has 18 heavy (non-hydrogen) atoms. The Kier molecular flexibility index (Phi) is 8.00. The van der Waals surface area contributed by atoms with Crippen molar-refractivity contribution in [1.82, 2.24) is 4.90 Å². The number of nitrogens with zero attached hydrogens (tertiary/aromatic N) is 1. The predicted octanol–water partition coefficient (Wildman–Crippen LogP) is 3.45. The molecule has 4 nitrogen and oxygen atoms in total. The number of amides is 1. The first-order valence-electron chi connectivity index (χ1n) is 7.02. The molecule has 0 N–H and O–H groups in total. The highest BCUT2D eigenvalue weighted by molar-refractivity contribution is 5.68. The summed E-state index contributed by atoms with van der Waals surface area (Å²) in [6.07, 6.45) is 1.97. The second-order valence-corrected chi connectivity index (χ2v) is 5.15. The van der Waals surface area contributed by atoms with Crippen LogP contribution >= 0.6 is 0 Å². The lowest BCUT2D eigenvalue weighted by atomic mass is 10.1. The van der Waals surface area contributed by atoms with Crippen LogP contribution < -0.4 is 0 Å². The summed E-state index contributed by atoms with van der Waals surface area (Å²) < 4.78 is 10.9. The fourth-order valence-corrected chi connectivity index (χ4v) is 1.80. The van der Waals surface area contributed by atoms with Crippen molar-refractivity contribution in [3.63, 3.8) is 0 Å². The maximum Gasteiger partial charge on any atom is 0.410 e. The largest absolute Gasteiger partial charge is 0.444 e. The molecule has 1 fully saturated rings. The van der Waals surface area contributed by atoms with Crippen LogP contribution in [0, 0.1) is 0 Å². The van der Waals surface area contributed by atoms with Gasteiger partial charge in [0.05, 0.1) is 12.6 Å². The zero-order chi connectivity index (χ0) is 14.2. The summed E-state index contributed by atoms with van der Waals surface area (Å²) in [4.78, 5) is 13.6. The highest BCUT2D eigenvalue weighted by Crippen LogP contribution is 2.16. The van der Waals surface area contributed by atoms with E-state index in [1.165, 1.54) is 0 Å². The molecule has 1 saturated heterocycles. The molecular formula is C14H29NO3. The van der Waals surface area contributed by atoms with Crippen molar-refractivity contribution >= 4 is 6.09 Å². The first-order valence-corrected chi connectivity index (χ1v) is 7.02. The lowest BCUT2D eigenvalue weighted by Gasteiger charge is -2.33. The Hall–Kier alpha value is -0.770. The van der Waals surface area contributed by atoms with Gasteiger partial charge in [-0.3, -0.25) is 0 Å². The van der Waals surface area contributed by atoms with Gasteiger partial charge in [0.15, 0.2) is 0 Å². The molecule has 0 aliphatic carbocycles. The van der Waals surface area contributed by atoms with Crippen molar-refractivity contribution in [2.75, 3.05) is 19.7 Å². The van der Waals surface area contributed by atoms with Gasteiger partial charge >= 0.3 is 6.09 Å². The average molecular weight is 259 g/mol. The van der Waals surface area contributed by atoms with Crippen LogP contribution in [0.5, 0.6) is 0 Å². The van der Waals surface area contributed by atoms with Crippen LogP contribution in [-0.2, 0) is 9.47 Å². The third kappa shape index (κ3) is 6.84. The van der Waals surface area contributed by atoms with Gasteiger partial charge in [0, 0.05) is 13.2 Å². The summed E-state index contributed by atoms with van der Waals surface area (Å²) in [5, 5.41) is 0. The molecule has 0 aromatic carbocycles. The zero-order valence-electron chi connectivity index (χ0n) is 12.8. The van der Waals surface area contributed by atoms with Crippen molar-refractivity contribution < 1.29 is 14.3 Å². The van der Waals surface area contributed by atoms with E-state index in [4.69, 9.17) is 9.47 Å².